The smallest absolute Gasteiger partial charge is 0.248 e. The van der Waals surface area contributed by atoms with Crippen molar-refractivity contribution in [1.82, 2.24) is 9.80 Å². The maximum atomic E-state index is 11.5. The van der Waals surface area contributed by atoms with Crippen molar-refractivity contribution in [2.75, 3.05) is 39.4 Å². The molecule has 5 nitrogen and oxygen atoms in total. The summed E-state index contributed by atoms with van der Waals surface area (Å²) in [4.78, 5) is 26.4. The number of rotatable bonds is 2. The van der Waals surface area contributed by atoms with Crippen molar-refractivity contribution >= 4 is 11.7 Å². The predicted molar refractivity (Wildman–Crippen MR) is 53.4 cm³/mol. The van der Waals surface area contributed by atoms with Crippen LogP contribution < -0.4 is 0 Å². The zero-order valence-electron chi connectivity index (χ0n) is 8.94. The Kier molecular flexibility index (Phi) is 3.02. The van der Waals surface area contributed by atoms with Crippen LogP contribution in [0.25, 0.3) is 0 Å². The third-order valence-electron chi connectivity index (χ3n) is 2.87. The van der Waals surface area contributed by atoms with Gasteiger partial charge < -0.3 is 9.64 Å². The second-order valence-electron chi connectivity index (χ2n) is 4.19. The number of hydrogen-bond acceptors (Lipinski definition) is 4. The number of ether oxygens (including phenoxy) is 1. The molecule has 2 saturated heterocycles. The Balaban J connectivity index is 1.93. The lowest BCUT2D eigenvalue weighted by molar-refractivity contribution is -0.152. The van der Waals surface area contributed by atoms with E-state index in [0.29, 0.717) is 13.2 Å². The van der Waals surface area contributed by atoms with E-state index >= 15 is 0 Å². The largest absolute Gasteiger partial charge is 0.369 e. The topological polar surface area (TPSA) is 49.9 Å². The average molecular weight is 212 g/mol. The first-order valence-corrected chi connectivity index (χ1v) is 5.26. The molecule has 2 fully saturated rings. The van der Waals surface area contributed by atoms with Crippen LogP contribution >= 0.6 is 0 Å². The van der Waals surface area contributed by atoms with Gasteiger partial charge in [0.25, 0.3) is 0 Å². The van der Waals surface area contributed by atoms with Crippen molar-refractivity contribution in [2.45, 2.75) is 13.0 Å². The van der Waals surface area contributed by atoms with Crippen molar-refractivity contribution < 1.29 is 14.3 Å². The number of piperazine rings is 1. The Bertz CT molecular complexity index is 280. The Morgan fingerprint density at radius 1 is 1.53 bits per heavy atom. The predicted octanol–water partition coefficient (Wildman–Crippen LogP) is -0.882. The number of amides is 1. The molecule has 0 radical (unpaired) electrons. The summed E-state index contributed by atoms with van der Waals surface area (Å²) in [7, 11) is 0. The second-order valence-corrected chi connectivity index (χ2v) is 4.19. The molecule has 2 aliphatic rings. The molecule has 0 aliphatic carbocycles. The van der Waals surface area contributed by atoms with Crippen molar-refractivity contribution in [3.05, 3.63) is 0 Å². The molecule has 1 unspecified atom stereocenters. The van der Waals surface area contributed by atoms with Crippen molar-refractivity contribution in [2.24, 2.45) is 0 Å². The molecule has 2 aliphatic heterocycles. The van der Waals surface area contributed by atoms with Crippen LogP contribution in [0.1, 0.15) is 6.92 Å². The number of morpholine rings is 1. The molecule has 0 N–H and O–H groups in total. The summed E-state index contributed by atoms with van der Waals surface area (Å²) in [6, 6.07) is 0.138. The van der Waals surface area contributed by atoms with Crippen LogP contribution in [0.5, 0.6) is 0 Å². The fourth-order valence-electron chi connectivity index (χ4n) is 2.21. The van der Waals surface area contributed by atoms with Gasteiger partial charge in [-0.15, -0.1) is 0 Å². The second kappa shape index (κ2) is 4.28. The van der Waals surface area contributed by atoms with Gasteiger partial charge in [0, 0.05) is 19.6 Å². The molecule has 1 atom stereocenters. The zero-order valence-corrected chi connectivity index (χ0v) is 8.94. The van der Waals surface area contributed by atoms with E-state index in [1.807, 2.05) is 4.90 Å². The Morgan fingerprint density at radius 3 is 3.07 bits per heavy atom. The fourth-order valence-corrected chi connectivity index (χ4v) is 2.21. The molecule has 0 bridgehead atoms. The Morgan fingerprint density at radius 2 is 2.33 bits per heavy atom. The molecule has 84 valence electrons. The molecule has 0 aromatic rings. The minimum absolute atomic E-state index is 0.0775. The van der Waals surface area contributed by atoms with Crippen LogP contribution in [0.4, 0.5) is 0 Å². The number of nitrogens with zero attached hydrogens (tertiary/aromatic N) is 2. The van der Waals surface area contributed by atoms with Gasteiger partial charge in [0.05, 0.1) is 19.2 Å². The minimum atomic E-state index is 0.0775. The standard InChI is InChI=1S/C10H16N2O3/c1-8(13)4-11-2-3-12-9(5-11)6-15-7-10(12)14/h9H,2-7H2,1H3. The third kappa shape index (κ3) is 2.35. The van der Waals surface area contributed by atoms with Gasteiger partial charge in [-0.2, -0.15) is 0 Å². The van der Waals surface area contributed by atoms with E-state index in [1.165, 1.54) is 0 Å². The van der Waals surface area contributed by atoms with E-state index in [4.69, 9.17) is 4.74 Å². The van der Waals surface area contributed by atoms with Crippen LogP contribution in [0.2, 0.25) is 0 Å². The Hall–Kier alpha value is -0.940. The summed E-state index contributed by atoms with van der Waals surface area (Å²) < 4.78 is 5.20. The molecule has 0 aromatic heterocycles. The van der Waals surface area contributed by atoms with Crippen LogP contribution in [-0.2, 0) is 14.3 Å². The van der Waals surface area contributed by atoms with E-state index < -0.39 is 0 Å². The molecule has 0 aromatic carbocycles. The van der Waals surface area contributed by atoms with E-state index in [1.54, 1.807) is 6.92 Å². The van der Waals surface area contributed by atoms with Crippen LogP contribution in [-0.4, -0.2) is 66.9 Å². The highest BCUT2D eigenvalue weighted by molar-refractivity contribution is 5.79. The highest BCUT2D eigenvalue weighted by Gasteiger charge is 2.33. The van der Waals surface area contributed by atoms with Crippen LogP contribution in [0, 0.1) is 0 Å². The number of Topliss-reactive ketones (excluding diaryl/α,β-unsaturated/α-hetero) is 1. The monoisotopic (exact) mass is 212 g/mol. The summed E-state index contributed by atoms with van der Waals surface area (Å²) in [6.07, 6.45) is 0. The van der Waals surface area contributed by atoms with Gasteiger partial charge >= 0.3 is 0 Å². The van der Waals surface area contributed by atoms with Gasteiger partial charge in [0.1, 0.15) is 12.4 Å². The first-order chi connectivity index (χ1) is 7.16. The molecule has 2 rings (SSSR count). The Labute approximate surface area is 89.0 Å². The fraction of sp³-hybridized carbons (Fsp3) is 0.800. The summed E-state index contributed by atoms with van der Waals surface area (Å²) in [5.74, 6) is 0.250. The first-order valence-electron chi connectivity index (χ1n) is 5.26. The van der Waals surface area contributed by atoms with Crippen molar-refractivity contribution in [1.29, 1.82) is 0 Å². The molecule has 5 heteroatoms. The van der Waals surface area contributed by atoms with E-state index in [0.717, 1.165) is 19.6 Å². The average Bonchev–Trinajstić information content (AvgIpc) is 2.17. The first kappa shape index (κ1) is 10.6. The highest BCUT2D eigenvalue weighted by atomic mass is 16.5. The van der Waals surface area contributed by atoms with Gasteiger partial charge in [-0.3, -0.25) is 14.5 Å². The summed E-state index contributed by atoms with van der Waals surface area (Å²) in [6.45, 7) is 5.16. The summed E-state index contributed by atoms with van der Waals surface area (Å²) >= 11 is 0. The van der Waals surface area contributed by atoms with Gasteiger partial charge in [0.15, 0.2) is 0 Å². The molecular formula is C10H16N2O3. The third-order valence-corrected chi connectivity index (χ3v) is 2.87. The molecular weight excluding hydrogens is 196 g/mol. The van der Waals surface area contributed by atoms with Crippen molar-refractivity contribution in [3.63, 3.8) is 0 Å². The number of hydrogen-bond donors (Lipinski definition) is 0. The van der Waals surface area contributed by atoms with Gasteiger partial charge in [-0.05, 0) is 6.92 Å². The van der Waals surface area contributed by atoms with Crippen molar-refractivity contribution in [3.8, 4) is 0 Å². The van der Waals surface area contributed by atoms with Crippen LogP contribution in [0.15, 0.2) is 0 Å². The normalized spacial score (nSPS) is 27.7. The summed E-state index contributed by atoms with van der Waals surface area (Å²) in [5, 5.41) is 0. The molecule has 1 amide bonds. The van der Waals surface area contributed by atoms with E-state index in [9.17, 15) is 9.59 Å². The number of carbonyl (C=O) groups is 2. The van der Waals surface area contributed by atoms with Crippen LogP contribution in [0.3, 0.4) is 0 Å². The van der Waals surface area contributed by atoms with E-state index in [2.05, 4.69) is 4.90 Å². The molecule has 15 heavy (non-hydrogen) atoms. The number of carbonyl (C=O) groups excluding carboxylic acids is 2. The quantitative estimate of drug-likeness (QED) is 0.596. The molecule has 0 spiro atoms. The van der Waals surface area contributed by atoms with Gasteiger partial charge in [-0.25, -0.2) is 0 Å². The highest BCUT2D eigenvalue weighted by Crippen LogP contribution is 2.14. The number of fused-ring (bicyclic) bond motifs is 1. The number of ketones is 1. The zero-order chi connectivity index (χ0) is 10.8. The molecule has 2 heterocycles. The lowest BCUT2D eigenvalue weighted by atomic mass is 10.1. The van der Waals surface area contributed by atoms with Gasteiger partial charge in [0.2, 0.25) is 5.91 Å². The SMILES string of the molecule is CC(=O)CN1CCN2C(=O)COCC2C1. The minimum Gasteiger partial charge on any atom is -0.369 e. The van der Waals surface area contributed by atoms with Gasteiger partial charge in [-0.1, -0.05) is 0 Å². The maximum Gasteiger partial charge on any atom is 0.248 e. The maximum absolute atomic E-state index is 11.5. The van der Waals surface area contributed by atoms with E-state index in [-0.39, 0.29) is 24.3 Å². The lowest BCUT2D eigenvalue weighted by Crippen LogP contribution is -2.60. The molecule has 0 saturated carbocycles. The lowest BCUT2D eigenvalue weighted by Gasteiger charge is -2.43. The summed E-state index contributed by atoms with van der Waals surface area (Å²) in [5.41, 5.74) is 0.